The Balaban J connectivity index is 1.26. The Morgan fingerprint density at radius 2 is 1.55 bits per heavy atom. The van der Waals surface area contributed by atoms with Gasteiger partial charge in [0.25, 0.3) is 0 Å². The smallest absolute Gasteiger partial charge is 0.410 e. The number of carbonyl (C=O) groups excluding carboxylic acids is 2. The zero-order valence-corrected chi connectivity index (χ0v) is 34.9. The van der Waals surface area contributed by atoms with Crippen molar-refractivity contribution in [2.75, 3.05) is 14.2 Å². The largest absolute Gasteiger partial charge is 0.460 e. The van der Waals surface area contributed by atoms with Gasteiger partial charge in [0.15, 0.2) is 0 Å². The van der Waals surface area contributed by atoms with Crippen LogP contribution in [0.2, 0.25) is 0 Å². The number of nitrogens with zero attached hydrogens (tertiary/aromatic N) is 1. The predicted octanol–water partition coefficient (Wildman–Crippen LogP) is 8.81. The zero-order valence-electron chi connectivity index (χ0n) is 34.9. The topological polar surface area (TPSA) is 94.5 Å². The van der Waals surface area contributed by atoms with Crippen molar-refractivity contribution in [2.24, 2.45) is 56.7 Å². The lowest BCUT2D eigenvalue weighted by molar-refractivity contribution is -0.222. The molecule has 13 atom stereocenters. The molecule has 2 spiro atoms. The highest BCUT2D eigenvalue weighted by molar-refractivity contribution is 5.82. The molecule has 1 N–H and O–H groups in total. The van der Waals surface area contributed by atoms with Crippen LogP contribution in [0.25, 0.3) is 0 Å². The summed E-state index contributed by atoms with van der Waals surface area (Å²) in [6.07, 6.45) is 8.92. The maximum atomic E-state index is 14.0. The van der Waals surface area contributed by atoms with Gasteiger partial charge in [-0.2, -0.15) is 0 Å². The molecule has 1 amide bonds. The summed E-state index contributed by atoms with van der Waals surface area (Å²) in [4.78, 5) is 28.5. The van der Waals surface area contributed by atoms with E-state index in [1.807, 2.05) is 55.6 Å². The number of aliphatic hydroxyl groups is 1. The first kappa shape index (κ1) is 39.3. The maximum Gasteiger partial charge on any atom is 0.410 e. The van der Waals surface area contributed by atoms with E-state index in [4.69, 9.17) is 18.9 Å². The average Bonchev–Trinajstić information content (AvgIpc) is 3.35. The van der Waals surface area contributed by atoms with Crippen LogP contribution in [-0.4, -0.2) is 77.4 Å². The van der Waals surface area contributed by atoms with Crippen LogP contribution in [0.5, 0.6) is 0 Å². The first-order valence-corrected chi connectivity index (χ1v) is 20.3. The lowest BCUT2D eigenvalue weighted by Gasteiger charge is -2.65. The van der Waals surface area contributed by atoms with Crippen LogP contribution in [0.4, 0.5) is 4.79 Å². The molecule has 51 heavy (non-hydrogen) atoms. The highest BCUT2D eigenvalue weighted by atomic mass is 16.6. The number of carbonyl (C=O) groups is 2. The Kier molecular flexibility index (Phi) is 9.30. The minimum atomic E-state index is -0.839. The molecule has 6 fully saturated rings. The van der Waals surface area contributed by atoms with E-state index in [9.17, 15) is 14.7 Å². The van der Waals surface area contributed by atoms with E-state index in [0.29, 0.717) is 17.8 Å². The second-order valence-corrected chi connectivity index (χ2v) is 21.7. The Morgan fingerprint density at radius 1 is 0.902 bits per heavy atom. The number of hydrogen-bond donors (Lipinski definition) is 1. The fraction of sp³-hybridized carbons (Fsp3) is 0.953. The van der Waals surface area contributed by atoms with Gasteiger partial charge >= 0.3 is 12.1 Å². The van der Waals surface area contributed by atoms with Crippen LogP contribution >= 0.6 is 0 Å². The van der Waals surface area contributed by atoms with E-state index in [-0.39, 0.29) is 68.8 Å². The van der Waals surface area contributed by atoms with Crippen molar-refractivity contribution >= 4 is 12.1 Å². The van der Waals surface area contributed by atoms with Crippen LogP contribution in [-0.2, 0) is 23.7 Å². The summed E-state index contributed by atoms with van der Waals surface area (Å²) in [5.74, 6) is 1.34. The molecule has 0 aromatic carbocycles. The van der Waals surface area contributed by atoms with Gasteiger partial charge < -0.3 is 24.1 Å². The molecule has 1 heterocycles. The highest BCUT2D eigenvalue weighted by Crippen LogP contribution is 2.89. The summed E-state index contributed by atoms with van der Waals surface area (Å²) >= 11 is 0. The standard InChI is InChI=1S/C43H73NO7/c1-25(2)31(44(14)35(46)51-36(4,5)6)34(45)49-29-17-19-43-24-42(43)21-20-39(11)32(41(13)18-16-30(50-41)38(9,10)47)26(3)23-40(39,12)28(42)22-27(48-15)33(43)37(29,7)8/h25-33,47H,16-24H2,1-15H3. The molecule has 0 aromatic rings. The molecule has 0 aromatic heterocycles. The van der Waals surface area contributed by atoms with E-state index >= 15 is 0 Å². The molecule has 292 valence electrons. The lowest BCUT2D eigenvalue weighted by atomic mass is 9.41. The third-order valence-electron chi connectivity index (χ3n) is 16.5. The van der Waals surface area contributed by atoms with Crippen molar-refractivity contribution in [3.8, 4) is 0 Å². The molecule has 8 nitrogen and oxygen atoms in total. The van der Waals surface area contributed by atoms with Crippen molar-refractivity contribution in [1.82, 2.24) is 4.90 Å². The summed E-state index contributed by atoms with van der Waals surface area (Å²) < 4.78 is 25.7. The second-order valence-electron chi connectivity index (χ2n) is 21.7. The molecule has 0 bridgehead atoms. The number of methoxy groups -OCH3 is 1. The van der Waals surface area contributed by atoms with Gasteiger partial charge in [-0.3, -0.25) is 4.90 Å². The van der Waals surface area contributed by atoms with E-state index < -0.39 is 23.3 Å². The van der Waals surface area contributed by atoms with E-state index in [1.54, 1.807) is 7.05 Å². The molecule has 5 aliphatic carbocycles. The van der Waals surface area contributed by atoms with Crippen LogP contribution in [0.15, 0.2) is 0 Å². The van der Waals surface area contributed by atoms with Crippen LogP contribution in [0, 0.1) is 56.7 Å². The summed E-state index contributed by atoms with van der Waals surface area (Å²) in [6.45, 7) is 27.9. The van der Waals surface area contributed by atoms with Gasteiger partial charge in [0, 0.05) is 19.6 Å². The summed E-state index contributed by atoms with van der Waals surface area (Å²) in [7, 11) is 3.55. The Morgan fingerprint density at radius 3 is 2.10 bits per heavy atom. The first-order chi connectivity index (χ1) is 23.2. The van der Waals surface area contributed by atoms with Gasteiger partial charge in [-0.05, 0) is 151 Å². The van der Waals surface area contributed by atoms with Crippen molar-refractivity contribution in [1.29, 1.82) is 0 Å². The SMILES string of the molecule is COC1CC2C3(C)CC(C)C(C4(C)CCC(C(C)(C)O)O4)C3(C)CCC23CC32CCC(OC(=O)C(C(C)C)N(C)C(=O)OC(C)(C)C)C(C)(C)C12. The summed E-state index contributed by atoms with van der Waals surface area (Å²) in [6, 6.07) is -0.731. The zero-order chi connectivity index (χ0) is 38.1. The number of hydrogen-bond acceptors (Lipinski definition) is 7. The molecular formula is C43H73NO7. The number of esters is 1. The average molecular weight is 716 g/mol. The van der Waals surface area contributed by atoms with Crippen molar-refractivity contribution < 1.29 is 33.6 Å². The lowest BCUT2D eigenvalue weighted by Crippen LogP contribution is -2.63. The van der Waals surface area contributed by atoms with Gasteiger partial charge in [0.2, 0.25) is 0 Å². The fourth-order valence-corrected chi connectivity index (χ4v) is 14.7. The van der Waals surface area contributed by atoms with Gasteiger partial charge in [0.1, 0.15) is 17.7 Å². The Hall–Kier alpha value is -1.38. The Labute approximate surface area is 309 Å². The molecular weight excluding hydrogens is 642 g/mol. The van der Waals surface area contributed by atoms with Gasteiger partial charge in [-0.15, -0.1) is 0 Å². The maximum absolute atomic E-state index is 14.0. The number of ether oxygens (including phenoxy) is 4. The van der Waals surface area contributed by atoms with Crippen molar-refractivity contribution in [3.05, 3.63) is 0 Å². The number of rotatable bonds is 7. The van der Waals surface area contributed by atoms with E-state index in [2.05, 4.69) is 41.5 Å². The number of likely N-dealkylation sites (N-methyl/N-ethyl adjacent to an activating group) is 1. The molecule has 8 heteroatoms. The normalized spacial score (nSPS) is 46.3. The first-order valence-electron chi connectivity index (χ1n) is 20.3. The molecule has 6 rings (SSSR count). The van der Waals surface area contributed by atoms with Crippen LogP contribution in [0.3, 0.4) is 0 Å². The Bertz CT molecular complexity index is 1380. The monoisotopic (exact) mass is 716 g/mol. The third-order valence-corrected chi connectivity index (χ3v) is 16.5. The van der Waals surface area contributed by atoms with Crippen LogP contribution in [0.1, 0.15) is 148 Å². The van der Waals surface area contributed by atoms with Crippen molar-refractivity contribution in [2.45, 2.75) is 189 Å². The molecule has 6 aliphatic rings. The van der Waals surface area contributed by atoms with Gasteiger partial charge in [-0.25, -0.2) is 9.59 Å². The molecule has 13 unspecified atom stereocenters. The third kappa shape index (κ3) is 5.66. The van der Waals surface area contributed by atoms with E-state index in [0.717, 1.165) is 32.1 Å². The molecule has 5 saturated carbocycles. The van der Waals surface area contributed by atoms with Gasteiger partial charge in [0.05, 0.1) is 23.4 Å². The molecule has 1 saturated heterocycles. The minimum Gasteiger partial charge on any atom is -0.460 e. The predicted molar refractivity (Wildman–Crippen MR) is 199 cm³/mol. The number of fused-ring (bicyclic) bond motifs is 2. The molecule has 0 radical (unpaired) electrons. The van der Waals surface area contributed by atoms with Gasteiger partial charge in [-0.1, -0.05) is 48.5 Å². The fourth-order valence-electron chi connectivity index (χ4n) is 14.7. The quantitative estimate of drug-likeness (QED) is 0.263. The summed E-state index contributed by atoms with van der Waals surface area (Å²) in [5.41, 5.74) is -1.27. The minimum absolute atomic E-state index is 0.0823. The number of amides is 1. The van der Waals surface area contributed by atoms with E-state index in [1.165, 1.54) is 30.6 Å². The summed E-state index contributed by atoms with van der Waals surface area (Å²) in [5, 5.41) is 10.9. The van der Waals surface area contributed by atoms with Crippen LogP contribution < -0.4 is 0 Å². The molecule has 1 aliphatic heterocycles. The van der Waals surface area contributed by atoms with Crippen molar-refractivity contribution in [3.63, 3.8) is 0 Å². The highest BCUT2D eigenvalue weighted by Gasteiger charge is 2.85. The second kappa shape index (κ2) is 12.1.